The first-order valence-electron chi connectivity index (χ1n) is 11.4. The summed E-state index contributed by atoms with van der Waals surface area (Å²) >= 11 is 0. The zero-order valence-electron chi connectivity index (χ0n) is 20.7. The number of rotatable bonds is 5. The van der Waals surface area contributed by atoms with Gasteiger partial charge in [-0.15, -0.1) is 0 Å². The fraction of sp³-hybridized carbons (Fsp3) is 0.423. The molecule has 3 atom stereocenters. The minimum absolute atomic E-state index is 0.00658. The molecule has 1 heterocycles. The first-order valence-corrected chi connectivity index (χ1v) is 12.8. The number of hydrogen-bond acceptors (Lipinski definition) is 6. The summed E-state index contributed by atoms with van der Waals surface area (Å²) in [5.41, 5.74) is 1.33. The van der Waals surface area contributed by atoms with Crippen molar-refractivity contribution in [2.75, 3.05) is 33.9 Å². The Bertz CT molecular complexity index is 1230. The number of fused-ring (bicyclic) bond motifs is 1. The van der Waals surface area contributed by atoms with Crippen LogP contribution < -0.4 is 9.47 Å². The predicted molar refractivity (Wildman–Crippen MR) is 133 cm³/mol. The van der Waals surface area contributed by atoms with Crippen molar-refractivity contribution >= 4 is 15.9 Å². The topological polar surface area (TPSA) is 96.4 Å². The molecular formula is C26H32N2O6S. The Labute approximate surface area is 207 Å². The monoisotopic (exact) mass is 500 g/mol. The molecule has 0 bridgehead atoms. The van der Waals surface area contributed by atoms with Gasteiger partial charge in [-0.3, -0.25) is 4.79 Å². The summed E-state index contributed by atoms with van der Waals surface area (Å²) in [6, 6.07) is 11.4. The number of methoxy groups -OCH3 is 1. The van der Waals surface area contributed by atoms with Crippen molar-refractivity contribution in [3.63, 3.8) is 0 Å². The second-order valence-electron chi connectivity index (χ2n) is 8.78. The van der Waals surface area contributed by atoms with Gasteiger partial charge in [-0.2, -0.15) is 4.31 Å². The van der Waals surface area contributed by atoms with Gasteiger partial charge in [0.25, 0.3) is 0 Å². The molecule has 1 N–H and O–H groups in total. The highest BCUT2D eigenvalue weighted by atomic mass is 32.2. The second kappa shape index (κ2) is 11.1. The maximum Gasteiger partial charge on any atom is 0.247 e. The fourth-order valence-electron chi connectivity index (χ4n) is 3.76. The van der Waals surface area contributed by atoms with Crippen LogP contribution in [0.2, 0.25) is 0 Å². The van der Waals surface area contributed by atoms with Gasteiger partial charge >= 0.3 is 0 Å². The van der Waals surface area contributed by atoms with E-state index in [1.807, 2.05) is 31.2 Å². The highest BCUT2D eigenvalue weighted by molar-refractivity contribution is 7.89. The van der Waals surface area contributed by atoms with Crippen LogP contribution >= 0.6 is 0 Å². The molecule has 1 aliphatic rings. The molecule has 0 unspecified atom stereocenters. The van der Waals surface area contributed by atoms with Gasteiger partial charge in [-0.25, -0.2) is 8.42 Å². The Morgan fingerprint density at radius 3 is 2.57 bits per heavy atom. The number of likely N-dealkylation sites (N-methyl/N-ethyl adjacent to an activating group) is 1. The maximum absolute atomic E-state index is 13.5. The Morgan fingerprint density at radius 2 is 1.94 bits per heavy atom. The molecule has 9 heteroatoms. The van der Waals surface area contributed by atoms with Gasteiger partial charge < -0.3 is 19.5 Å². The normalized spacial score (nSPS) is 20.2. The van der Waals surface area contributed by atoms with Crippen molar-refractivity contribution in [1.29, 1.82) is 0 Å². The summed E-state index contributed by atoms with van der Waals surface area (Å²) in [5.74, 6) is 6.62. The van der Waals surface area contributed by atoms with E-state index in [1.165, 1.54) is 17.3 Å². The van der Waals surface area contributed by atoms with Gasteiger partial charge in [-0.05, 0) is 43.3 Å². The Morgan fingerprint density at radius 1 is 1.26 bits per heavy atom. The molecule has 1 amide bonds. The zero-order chi connectivity index (χ0) is 25.8. The van der Waals surface area contributed by atoms with Crippen LogP contribution in [0.5, 0.6) is 11.5 Å². The smallest absolute Gasteiger partial charge is 0.247 e. The van der Waals surface area contributed by atoms with E-state index < -0.39 is 22.2 Å². The maximum atomic E-state index is 13.5. The van der Waals surface area contributed by atoms with E-state index in [-0.39, 0.29) is 42.2 Å². The molecule has 35 heavy (non-hydrogen) atoms. The molecule has 188 valence electrons. The number of nitrogens with zero attached hydrogens (tertiary/aromatic N) is 2. The molecule has 0 radical (unpaired) electrons. The van der Waals surface area contributed by atoms with Crippen molar-refractivity contribution in [3.05, 3.63) is 53.6 Å². The summed E-state index contributed by atoms with van der Waals surface area (Å²) in [5, 5.41) is 9.74. The van der Waals surface area contributed by atoms with Crippen molar-refractivity contribution in [3.8, 4) is 23.3 Å². The van der Waals surface area contributed by atoms with Crippen LogP contribution in [-0.2, 0) is 14.8 Å². The molecule has 1 aliphatic heterocycles. The Hall–Kier alpha value is -3.06. The molecule has 2 aromatic rings. The highest BCUT2D eigenvalue weighted by Crippen LogP contribution is 2.34. The highest BCUT2D eigenvalue weighted by Gasteiger charge is 2.38. The molecule has 8 nitrogen and oxygen atoms in total. The van der Waals surface area contributed by atoms with Crippen LogP contribution in [-0.4, -0.2) is 74.6 Å². The lowest BCUT2D eigenvalue weighted by Crippen LogP contribution is -2.50. The SMILES string of the molecule is COc1cccc(C#Cc2ccc3c(c2)O[C@@H](CN(C)C(C)=O)[C@H](C)CN([C@H](C)CO)S3(=O)=O)c1. The zero-order valence-corrected chi connectivity index (χ0v) is 21.5. The predicted octanol–water partition coefficient (Wildman–Crippen LogP) is 2.34. The average Bonchev–Trinajstić information content (AvgIpc) is 2.84. The minimum atomic E-state index is -3.94. The van der Waals surface area contributed by atoms with Gasteiger partial charge in [0.15, 0.2) is 0 Å². The number of aliphatic hydroxyl groups is 1. The van der Waals surface area contributed by atoms with Gasteiger partial charge in [0.1, 0.15) is 22.5 Å². The number of carbonyl (C=O) groups excluding carboxylic acids is 1. The number of aliphatic hydroxyl groups excluding tert-OH is 1. The van der Waals surface area contributed by atoms with E-state index in [0.29, 0.717) is 11.3 Å². The van der Waals surface area contributed by atoms with E-state index >= 15 is 0 Å². The average molecular weight is 501 g/mol. The van der Waals surface area contributed by atoms with Crippen LogP contribution in [0.3, 0.4) is 0 Å². The van der Waals surface area contributed by atoms with Crippen LogP contribution in [0.1, 0.15) is 31.9 Å². The fourth-order valence-corrected chi connectivity index (χ4v) is 5.59. The van der Waals surface area contributed by atoms with Gasteiger partial charge in [-0.1, -0.05) is 24.8 Å². The number of hydrogen-bond donors (Lipinski definition) is 1. The van der Waals surface area contributed by atoms with Crippen molar-refractivity contribution in [2.45, 2.75) is 37.8 Å². The second-order valence-corrected chi connectivity index (χ2v) is 10.6. The van der Waals surface area contributed by atoms with Crippen molar-refractivity contribution in [1.82, 2.24) is 9.21 Å². The number of sulfonamides is 1. The van der Waals surface area contributed by atoms with Gasteiger partial charge in [0.2, 0.25) is 15.9 Å². The molecule has 0 aliphatic carbocycles. The van der Waals surface area contributed by atoms with E-state index in [0.717, 1.165) is 5.56 Å². The molecule has 0 spiro atoms. The molecular weight excluding hydrogens is 468 g/mol. The Kier molecular flexibility index (Phi) is 8.43. The lowest BCUT2D eigenvalue weighted by Gasteiger charge is -2.37. The third kappa shape index (κ3) is 6.14. The quantitative estimate of drug-likeness (QED) is 0.633. The third-order valence-corrected chi connectivity index (χ3v) is 8.10. The van der Waals surface area contributed by atoms with Crippen molar-refractivity contribution < 1.29 is 27.8 Å². The minimum Gasteiger partial charge on any atom is -0.497 e. The van der Waals surface area contributed by atoms with Gasteiger partial charge in [0.05, 0.1) is 20.3 Å². The summed E-state index contributed by atoms with van der Waals surface area (Å²) in [6.45, 7) is 5.14. The third-order valence-electron chi connectivity index (χ3n) is 6.08. The largest absolute Gasteiger partial charge is 0.497 e. The molecule has 0 saturated carbocycles. The van der Waals surface area contributed by atoms with E-state index in [9.17, 15) is 18.3 Å². The van der Waals surface area contributed by atoms with Crippen LogP contribution in [0.25, 0.3) is 0 Å². The number of ether oxygens (including phenoxy) is 2. The molecule has 0 fully saturated rings. The lowest BCUT2D eigenvalue weighted by atomic mass is 10.0. The summed E-state index contributed by atoms with van der Waals surface area (Å²) in [4.78, 5) is 13.4. The number of carbonyl (C=O) groups is 1. The Balaban J connectivity index is 2.07. The van der Waals surface area contributed by atoms with Gasteiger partial charge in [0, 0.05) is 43.6 Å². The number of benzene rings is 2. The summed E-state index contributed by atoms with van der Waals surface area (Å²) in [6.07, 6.45) is -0.465. The lowest BCUT2D eigenvalue weighted by molar-refractivity contribution is -0.129. The first kappa shape index (κ1) is 26.5. The summed E-state index contributed by atoms with van der Waals surface area (Å²) in [7, 11) is -0.681. The van der Waals surface area contributed by atoms with Crippen LogP contribution in [0, 0.1) is 17.8 Å². The molecule has 2 aromatic carbocycles. The van der Waals surface area contributed by atoms with Crippen molar-refractivity contribution in [2.24, 2.45) is 5.92 Å². The standard InChI is InChI=1S/C26H32N2O6S/c1-18-15-28(19(2)17-29)35(31,32)26-12-11-22(10-9-21-7-6-8-23(13-21)33-5)14-24(26)34-25(18)16-27(4)20(3)30/h6-8,11-14,18-19,25,29H,15-17H2,1-5H3/t18-,19-,25+/m1/s1. The van der Waals surface area contributed by atoms with E-state index in [1.54, 1.807) is 38.1 Å². The van der Waals surface area contributed by atoms with E-state index in [4.69, 9.17) is 9.47 Å². The van der Waals surface area contributed by atoms with Crippen LogP contribution in [0.15, 0.2) is 47.4 Å². The van der Waals surface area contributed by atoms with E-state index in [2.05, 4.69) is 11.8 Å². The molecule has 0 aromatic heterocycles. The molecule has 0 saturated heterocycles. The summed E-state index contributed by atoms with van der Waals surface area (Å²) < 4.78 is 39.9. The first-order chi connectivity index (χ1) is 16.6. The molecule has 3 rings (SSSR count). The number of amides is 1. The van der Waals surface area contributed by atoms with Crippen LogP contribution in [0.4, 0.5) is 0 Å².